The molecular weight excluding hydrogens is 338 g/mol. The first-order valence-electron chi connectivity index (χ1n) is 5.05. The molecule has 1 aliphatic heterocycles. The number of rotatable bonds is 1. The zero-order valence-electron chi connectivity index (χ0n) is 9.64. The maximum absolute atomic E-state index is 11.6. The Morgan fingerprint density at radius 1 is 1.44 bits per heavy atom. The number of hydrazone groups is 1. The topological polar surface area (TPSA) is 61.8 Å². The zero-order valence-corrected chi connectivity index (χ0v) is 12.9. The molecule has 0 aliphatic carbocycles. The summed E-state index contributed by atoms with van der Waals surface area (Å²) in [7, 11) is 0. The zero-order chi connectivity index (χ0) is 13.3. The molecule has 8 heteroatoms. The Bertz CT molecular complexity index is 529. The second-order valence-corrected chi connectivity index (χ2v) is 7.13. The van der Waals surface area contributed by atoms with Crippen LogP contribution in [0.2, 0.25) is 0 Å². The number of amides is 2. The summed E-state index contributed by atoms with van der Waals surface area (Å²) >= 11 is 6.29. The van der Waals surface area contributed by atoms with Crippen molar-refractivity contribution < 1.29 is 9.59 Å². The summed E-state index contributed by atoms with van der Waals surface area (Å²) in [6.07, 6.45) is 0. The number of carbonyl (C=O) groups is 2. The predicted molar refractivity (Wildman–Crippen MR) is 76.1 cm³/mol. The van der Waals surface area contributed by atoms with Crippen molar-refractivity contribution >= 4 is 56.0 Å². The van der Waals surface area contributed by atoms with Crippen LogP contribution in [-0.4, -0.2) is 22.0 Å². The summed E-state index contributed by atoms with van der Waals surface area (Å²) in [5, 5.41) is 8.35. The first-order chi connectivity index (χ1) is 8.47. The van der Waals surface area contributed by atoms with Crippen LogP contribution in [0.15, 0.2) is 21.0 Å². The minimum atomic E-state index is -0.208. The third-order valence-corrected chi connectivity index (χ3v) is 5.00. The number of hydrogen-bond donors (Lipinski definition) is 1. The summed E-state index contributed by atoms with van der Waals surface area (Å²) in [6.45, 7) is 2.87. The molecule has 0 aromatic carbocycles. The van der Waals surface area contributed by atoms with E-state index in [1.54, 1.807) is 11.3 Å². The predicted octanol–water partition coefficient (Wildman–Crippen LogP) is 2.51. The Balaban J connectivity index is 2.22. The van der Waals surface area contributed by atoms with Crippen molar-refractivity contribution in [3.8, 4) is 0 Å². The Hall–Kier alpha value is -0.860. The van der Waals surface area contributed by atoms with Gasteiger partial charge in [0.05, 0.1) is 3.79 Å². The Kier molecular flexibility index (Phi) is 4.08. The van der Waals surface area contributed by atoms with Gasteiger partial charge in [0.15, 0.2) is 5.17 Å². The largest absolute Gasteiger partial charge is 0.304 e. The van der Waals surface area contributed by atoms with Gasteiger partial charge in [-0.25, -0.2) is 5.01 Å². The van der Waals surface area contributed by atoms with Crippen molar-refractivity contribution in [3.63, 3.8) is 0 Å². The maximum atomic E-state index is 11.6. The molecule has 0 spiro atoms. The molecule has 0 saturated heterocycles. The number of nitrogens with one attached hydrogen (secondary N) is 1. The van der Waals surface area contributed by atoms with Gasteiger partial charge in [0.25, 0.3) is 0 Å². The van der Waals surface area contributed by atoms with Gasteiger partial charge in [0, 0.05) is 18.7 Å². The van der Waals surface area contributed by atoms with Crippen molar-refractivity contribution in [2.75, 3.05) is 0 Å². The molecule has 1 aromatic heterocycles. The van der Waals surface area contributed by atoms with Gasteiger partial charge >= 0.3 is 0 Å². The standard InChI is InChI=1S/C10H10BrN3O2S2/c1-5(15)12-10-13-14(6(2)16)9(18-10)7-3-4-8(11)17-7/h3-4,9H,1-2H3,(H,12,13,15)/t9-/m1/s1. The molecule has 0 saturated carbocycles. The van der Waals surface area contributed by atoms with Crippen molar-refractivity contribution in [1.29, 1.82) is 0 Å². The second-order valence-electron chi connectivity index (χ2n) is 3.56. The molecular formula is C10H10BrN3O2S2. The molecule has 1 atom stereocenters. The number of thioether (sulfide) groups is 1. The van der Waals surface area contributed by atoms with E-state index < -0.39 is 0 Å². The van der Waals surface area contributed by atoms with Crippen LogP contribution in [0.25, 0.3) is 0 Å². The lowest BCUT2D eigenvalue weighted by atomic mass is 10.4. The van der Waals surface area contributed by atoms with Crippen LogP contribution in [0.4, 0.5) is 0 Å². The monoisotopic (exact) mass is 347 g/mol. The Morgan fingerprint density at radius 2 is 2.17 bits per heavy atom. The summed E-state index contributed by atoms with van der Waals surface area (Å²) < 4.78 is 0.995. The second kappa shape index (κ2) is 5.41. The highest BCUT2D eigenvalue weighted by Crippen LogP contribution is 2.42. The molecule has 0 fully saturated rings. The van der Waals surface area contributed by atoms with E-state index in [1.807, 2.05) is 12.1 Å². The number of carbonyl (C=O) groups excluding carboxylic acids is 2. The molecule has 1 aromatic rings. The van der Waals surface area contributed by atoms with Gasteiger partial charge in [-0.15, -0.1) is 16.4 Å². The lowest BCUT2D eigenvalue weighted by Crippen LogP contribution is -2.25. The van der Waals surface area contributed by atoms with Crippen LogP contribution >= 0.6 is 39.0 Å². The first-order valence-corrected chi connectivity index (χ1v) is 7.54. The van der Waals surface area contributed by atoms with Gasteiger partial charge in [-0.1, -0.05) is 11.8 Å². The fourth-order valence-corrected chi connectivity index (χ4v) is 4.13. The summed E-state index contributed by atoms with van der Waals surface area (Å²) in [4.78, 5) is 23.6. The SMILES string of the molecule is CC(=O)NC1=NN(C(C)=O)[C@@H](c2ccc(Br)s2)S1. The lowest BCUT2D eigenvalue weighted by Gasteiger charge is -2.17. The normalized spacial score (nSPS) is 18.7. The molecule has 2 heterocycles. The minimum Gasteiger partial charge on any atom is -0.304 e. The highest BCUT2D eigenvalue weighted by molar-refractivity contribution is 9.11. The number of nitrogens with zero attached hydrogens (tertiary/aromatic N) is 2. The molecule has 0 unspecified atom stereocenters. The molecule has 1 aliphatic rings. The van der Waals surface area contributed by atoms with E-state index in [2.05, 4.69) is 26.3 Å². The van der Waals surface area contributed by atoms with Gasteiger partial charge in [0.1, 0.15) is 5.37 Å². The van der Waals surface area contributed by atoms with Gasteiger partial charge in [0.2, 0.25) is 11.8 Å². The van der Waals surface area contributed by atoms with Crippen LogP contribution < -0.4 is 5.32 Å². The van der Waals surface area contributed by atoms with E-state index >= 15 is 0 Å². The fourth-order valence-electron chi connectivity index (χ4n) is 1.41. The molecule has 1 N–H and O–H groups in total. The highest BCUT2D eigenvalue weighted by atomic mass is 79.9. The molecule has 96 valence electrons. The van der Waals surface area contributed by atoms with E-state index in [0.717, 1.165) is 8.66 Å². The van der Waals surface area contributed by atoms with E-state index in [9.17, 15) is 9.59 Å². The van der Waals surface area contributed by atoms with Crippen molar-refractivity contribution in [3.05, 3.63) is 20.8 Å². The highest BCUT2D eigenvalue weighted by Gasteiger charge is 2.33. The average Bonchev–Trinajstić information content (AvgIpc) is 2.83. The van der Waals surface area contributed by atoms with Crippen LogP contribution in [0, 0.1) is 0 Å². The Morgan fingerprint density at radius 3 is 2.67 bits per heavy atom. The van der Waals surface area contributed by atoms with Gasteiger partial charge in [-0.05, 0) is 28.1 Å². The van der Waals surface area contributed by atoms with E-state index in [-0.39, 0.29) is 17.2 Å². The summed E-state index contributed by atoms with van der Waals surface area (Å²) in [5.41, 5.74) is 0. The summed E-state index contributed by atoms with van der Waals surface area (Å²) in [5.74, 6) is -0.352. The molecule has 2 rings (SSSR count). The average molecular weight is 348 g/mol. The third-order valence-electron chi connectivity index (χ3n) is 2.09. The Labute approximate surface area is 121 Å². The minimum absolute atomic E-state index is 0.155. The third kappa shape index (κ3) is 2.93. The van der Waals surface area contributed by atoms with E-state index in [0.29, 0.717) is 5.17 Å². The smallest absolute Gasteiger partial charge is 0.241 e. The fraction of sp³-hybridized carbons (Fsp3) is 0.300. The number of halogens is 1. The number of hydrogen-bond acceptors (Lipinski definition) is 5. The van der Waals surface area contributed by atoms with Gasteiger partial charge in [-0.3, -0.25) is 9.59 Å². The number of amidine groups is 1. The maximum Gasteiger partial charge on any atom is 0.241 e. The molecule has 0 bridgehead atoms. The lowest BCUT2D eigenvalue weighted by molar-refractivity contribution is -0.129. The van der Waals surface area contributed by atoms with Crippen molar-refractivity contribution in [2.45, 2.75) is 19.2 Å². The van der Waals surface area contributed by atoms with Crippen LogP contribution in [-0.2, 0) is 9.59 Å². The van der Waals surface area contributed by atoms with Gasteiger partial charge < -0.3 is 5.32 Å². The summed E-state index contributed by atoms with van der Waals surface area (Å²) in [6, 6.07) is 3.86. The van der Waals surface area contributed by atoms with Crippen LogP contribution in [0.3, 0.4) is 0 Å². The van der Waals surface area contributed by atoms with E-state index in [4.69, 9.17) is 0 Å². The molecule has 5 nitrogen and oxygen atoms in total. The van der Waals surface area contributed by atoms with Crippen LogP contribution in [0.1, 0.15) is 24.1 Å². The van der Waals surface area contributed by atoms with Crippen molar-refractivity contribution in [1.82, 2.24) is 10.3 Å². The van der Waals surface area contributed by atoms with Crippen LogP contribution in [0.5, 0.6) is 0 Å². The first kappa shape index (κ1) is 13.6. The van der Waals surface area contributed by atoms with E-state index in [1.165, 1.54) is 30.6 Å². The quantitative estimate of drug-likeness (QED) is 0.848. The van der Waals surface area contributed by atoms with Crippen molar-refractivity contribution in [2.24, 2.45) is 5.10 Å². The molecule has 0 radical (unpaired) electrons. The molecule has 2 amide bonds. The molecule has 18 heavy (non-hydrogen) atoms. The van der Waals surface area contributed by atoms with Gasteiger partial charge in [-0.2, -0.15) is 0 Å². The number of thiophene rings is 1.